The highest BCUT2D eigenvalue weighted by Crippen LogP contribution is 2.16. The maximum atomic E-state index is 12.2. The standard InChI is InChI=1S/C18H22N2O5S2/c1-3-14(2)20-27(24,25)17-11-9-15(10-12-17)19-18(21)13-26(22,23)16-7-5-4-6-8-16/h4-12,14,20H,3,13H2,1-2H3,(H,19,21). The number of carbonyl (C=O) groups is 1. The van der Waals surface area contributed by atoms with Gasteiger partial charge in [0.05, 0.1) is 9.79 Å². The molecule has 1 unspecified atom stereocenters. The molecule has 2 rings (SSSR count). The Bertz CT molecular complexity index is 986. The first-order valence-electron chi connectivity index (χ1n) is 8.34. The molecule has 0 heterocycles. The third kappa shape index (κ3) is 5.88. The first-order valence-corrected chi connectivity index (χ1v) is 11.5. The minimum absolute atomic E-state index is 0.0673. The molecule has 0 saturated carbocycles. The van der Waals surface area contributed by atoms with Gasteiger partial charge in [0.1, 0.15) is 5.75 Å². The molecule has 2 aromatic rings. The lowest BCUT2D eigenvalue weighted by molar-refractivity contribution is -0.113. The lowest BCUT2D eigenvalue weighted by atomic mass is 10.3. The Kier molecular flexibility index (Phi) is 6.74. The van der Waals surface area contributed by atoms with Crippen molar-refractivity contribution in [3.8, 4) is 0 Å². The molecule has 1 atom stereocenters. The molecule has 0 saturated heterocycles. The van der Waals surface area contributed by atoms with Crippen molar-refractivity contribution in [2.75, 3.05) is 11.1 Å². The van der Waals surface area contributed by atoms with Crippen molar-refractivity contribution in [2.24, 2.45) is 0 Å². The van der Waals surface area contributed by atoms with Gasteiger partial charge < -0.3 is 5.32 Å². The van der Waals surface area contributed by atoms with E-state index in [1.54, 1.807) is 25.1 Å². The Morgan fingerprint density at radius 1 is 0.926 bits per heavy atom. The zero-order chi connectivity index (χ0) is 20.1. The minimum atomic E-state index is -3.75. The van der Waals surface area contributed by atoms with Crippen molar-refractivity contribution in [3.63, 3.8) is 0 Å². The van der Waals surface area contributed by atoms with Crippen LogP contribution in [0.5, 0.6) is 0 Å². The molecule has 27 heavy (non-hydrogen) atoms. The summed E-state index contributed by atoms with van der Waals surface area (Å²) >= 11 is 0. The Morgan fingerprint density at radius 3 is 2.07 bits per heavy atom. The summed E-state index contributed by atoms with van der Waals surface area (Å²) < 4.78 is 51.3. The van der Waals surface area contributed by atoms with Crippen molar-refractivity contribution in [1.82, 2.24) is 4.72 Å². The highest BCUT2D eigenvalue weighted by atomic mass is 32.2. The van der Waals surface area contributed by atoms with E-state index < -0.39 is 31.5 Å². The lowest BCUT2D eigenvalue weighted by Gasteiger charge is -2.12. The van der Waals surface area contributed by atoms with Crippen LogP contribution in [-0.2, 0) is 24.7 Å². The molecule has 146 valence electrons. The number of carbonyl (C=O) groups excluding carboxylic acids is 1. The second-order valence-electron chi connectivity index (χ2n) is 6.08. The van der Waals surface area contributed by atoms with Crippen LogP contribution in [0.25, 0.3) is 0 Å². The van der Waals surface area contributed by atoms with E-state index in [-0.39, 0.29) is 15.8 Å². The maximum Gasteiger partial charge on any atom is 0.240 e. The fourth-order valence-electron chi connectivity index (χ4n) is 2.21. The SMILES string of the molecule is CCC(C)NS(=O)(=O)c1ccc(NC(=O)CS(=O)(=O)c2ccccc2)cc1. The van der Waals surface area contributed by atoms with Gasteiger partial charge in [-0.15, -0.1) is 0 Å². The van der Waals surface area contributed by atoms with Crippen LogP contribution < -0.4 is 10.0 Å². The summed E-state index contributed by atoms with van der Waals surface area (Å²) in [6, 6.07) is 13.0. The van der Waals surface area contributed by atoms with Crippen LogP contribution in [0.1, 0.15) is 20.3 Å². The number of hydrogen-bond donors (Lipinski definition) is 2. The summed E-state index contributed by atoms with van der Waals surface area (Å²) in [6.07, 6.45) is 0.656. The van der Waals surface area contributed by atoms with Gasteiger partial charge in [-0.1, -0.05) is 25.1 Å². The molecule has 0 aliphatic rings. The second-order valence-corrected chi connectivity index (χ2v) is 9.78. The average Bonchev–Trinajstić information content (AvgIpc) is 2.62. The molecule has 7 nitrogen and oxygen atoms in total. The Balaban J connectivity index is 2.05. The van der Waals surface area contributed by atoms with Crippen LogP contribution in [0.3, 0.4) is 0 Å². The molecular formula is C18H22N2O5S2. The van der Waals surface area contributed by atoms with Gasteiger partial charge in [-0.3, -0.25) is 4.79 Å². The number of benzene rings is 2. The van der Waals surface area contributed by atoms with Gasteiger partial charge in [0.15, 0.2) is 9.84 Å². The van der Waals surface area contributed by atoms with E-state index in [1.807, 2.05) is 6.92 Å². The third-order valence-corrected chi connectivity index (χ3v) is 7.08. The first-order chi connectivity index (χ1) is 12.6. The molecule has 0 fully saturated rings. The summed E-state index contributed by atoms with van der Waals surface area (Å²) in [5, 5.41) is 2.47. The van der Waals surface area contributed by atoms with Crippen molar-refractivity contribution < 1.29 is 21.6 Å². The van der Waals surface area contributed by atoms with Crippen LogP contribution in [0, 0.1) is 0 Å². The van der Waals surface area contributed by atoms with Crippen molar-refractivity contribution in [2.45, 2.75) is 36.1 Å². The third-order valence-electron chi connectivity index (χ3n) is 3.84. The van der Waals surface area contributed by atoms with E-state index in [0.29, 0.717) is 12.1 Å². The number of sulfone groups is 1. The maximum absolute atomic E-state index is 12.2. The monoisotopic (exact) mass is 410 g/mol. The number of amides is 1. The summed E-state index contributed by atoms with van der Waals surface area (Å²) in [5.74, 6) is -1.40. The fourth-order valence-corrected chi connectivity index (χ4v) is 4.70. The van der Waals surface area contributed by atoms with E-state index >= 15 is 0 Å². The summed E-state index contributed by atoms with van der Waals surface area (Å²) in [6.45, 7) is 3.63. The summed E-state index contributed by atoms with van der Waals surface area (Å²) in [4.78, 5) is 12.2. The average molecular weight is 411 g/mol. The van der Waals surface area contributed by atoms with Crippen LogP contribution in [0.2, 0.25) is 0 Å². The van der Waals surface area contributed by atoms with Gasteiger partial charge in [0.25, 0.3) is 0 Å². The van der Waals surface area contributed by atoms with Gasteiger partial charge in [-0.2, -0.15) is 0 Å². The van der Waals surface area contributed by atoms with E-state index in [9.17, 15) is 21.6 Å². The van der Waals surface area contributed by atoms with E-state index in [4.69, 9.17) is 0 Å². The lowest BCUT2D eigenvalue weighted by Crippen LogP contribution is -2.32. The Morgan fingerprint density at radius 2 is 1.52 bits per heavy atom. The molecular weight excluding hydrogens is 388 g/mol. The molecule has 0 aromatic heterocycles. The normalized spacial score (nSPS) is 13.1. The van der Waals surface area contributed by atoms with Gasteiger partial charge in [0, 0.05) is 11.7 Å². The van der Waals surface area contributed by atoms with Gasteiger partial charge in [-0.25, -0.2) is 21.6 Å². The summed E-state index contributed by atoms with van der Waals surface area (Å²) in [5.41, 5.74) is 0.311. The molecule has 2 N–H and O–H groups in total. The number of anilines is 1. The molecule has 0 aliphatic heterocycles. The zero-order valence-corrected chi connectivity index (χ0v) is 16.7. The number of sulfonamides is 1. The van der Waals surface area contributed by atoms with Crippen molar-refractivity contribution in [3.05, 3.63) is 54.6 Å². The van der Waals surface area contributed by atoms with Crippen molar-refractivity contribution in [1.29, 1.82) is 0 Å². The second kappa shape index (κ2) is 8.64. The van der Waals surface area contributed by atoms with Gasteiger partial charge in [0.2, 0.25) is 15.9 Å². The van der Waals surface area contributed by atoms with Crippen LogP contribution >= 0.6 is 0 Å². The van der Waals surface area contributed by atoms with Crippen LogP contribution in [0.15, 0.2) is 64.4 Å². The topological polar surface area (TPSA) is 109 Å². The first kappa shape index (κ1) is 21.1. The predicted octanol–water partition coefficient (Wildman–Crippen LogP) is 2.18. The Hall–Kier alpha value is -2.23. The minimum Gasteiger partial charge on any atom is -0.325 e. The van der Waals surface area contributed by atoms with Crippen molar-refractivity contribution >= 4 is 31.5 Å². The van der Waals surface area contributed by atoms with E-state index in [1.165, 1.54) is 36.4 Å². The fraction of sp³-hybridized carbons (Fsp3) is 0.278. The molecule has 1 amide bonds. The number of nitrogens with one attached hydrogen (secondary N) is 2. The van der Waals surface area contributed by atoms with Gasteiger partial charge in [-0.05, 0) is 49.7 Å². The smallest absolute Gasteiger partial charge is 0.240 e. The molecule has 0 aliphatic carbocycles. The Labute approximate surface area is 159 Å². The van der Waals surface area contributed by atoms with E-state index in [2.05, 4.69) is 10.0 Å². The molecule has 0 radical (unpaired) electrons. The van der Waals surface area contributed by atoms with Crippen LogP contribution in [0.4, 0.5) is 5.69 Å². The molecule has 9 heteroatoms. The molecule has 0 bridgehead atoms. The van der Waals surface area contributed by atoms with E-state index in [0.717, 1.165) is 0 Å². The number of hydrogen-bond acceptors (Lipinski definition) is 5. The van der Waals surface area contributed by atoms with Gasteiger partial charge >= 0.3 is 0 Å². The quantitative estimate of drug-likeness (QED) is 0.693. The zero-order valence-electron chi connectivity index (χ0n) is 15.0. The highest BCUT2D eigenvalue weighted by molar-refractivity contribution is 7.92. The molecule has 0 spiro atoms. The number of rotatable bonds is 8. The predicted molar refractivity (Wildman–Crippen MR) is 104 cm³/mol. The van der Waals surface area contributed by atoms with Crippen LogP contribution in [-0.4, -0.2) is 34.5 Å². The molecule has 2 aromatic carbocycles. The largest absolute Gasteiger partial charge is 0.325 e. The highest BCUT2D eigenvalue weighted by Gasteiger charge is 2.20. The summed E-state index contributed by atoms with van der Waals surface area (Å²) in [7, 11) is -7.39.